The van der Waals surface area contributed by atoms with Crippen LogP contribution in [0.3, 0.4) is 0 Å². The number of carbonyl (C=O) groups excluding carboxylic acids is 1. The minimum Gasteiger partial charge on any atom is -0.388 e. The SMILES string of the molecule is CC=O.CNc1ccc2nc(NC)[nH]c2c1. The van der Waals surface area contributed by atoms with Crippen molar-refractivity contribution >= 4 is 29.0 Å². The van der Waals surface area contributed by atoms with Crippen LogP contribution in [0.15, 0.2) is 18.2 Å². The van der Waals surface area contributed by atoms with Crippen molar-refractivity contribution in [1.29, 1.82) is 0 Å². The molecule has 86 valence electrons. The normalized spacial score (nSPS) is 9.19. The molecule has 0 spiro atoms. The van der Waals surface area contributed by atoms with E-state index in [-0.39, 0.29) is 0 Å². The van der Waals surface area contributed by atoms with Crippen molar-refractivity contribution in [3.63, 3.8) is 0 Å². The van der Waals surface area contributed by atoms with Crippen molar-refractivity contribution in [1.82, 2.24) is 9.97 Å². The van der Waals surface area contributed by atoms with Crippen LogP contribution in [0.4, 0.5) is 11.6 Å². The first-order chi connectivity index (χ1) is 7.74. The second kappa shape index (κ2) is 5.75. The van der Waals surface area contributed by atoms with E-state index in [4.69, 9.17) is 4.79 Å². The van der Waals surface area contributed by atoms with Gasteiger partial charge in [-0.05, 0) is 25.1 Å². The number of aromatic amines is 1. The molecule has 1 aromatic heterocycles. The van der Waals surface area contributed by atoms with Crippen LogP contribution >= 0.6 is 0 Å². The molecule has 1 heterocycles. The Hall–Kier alpha value is -2.04. The molecule has 0 saturated carbocycles. The molecular formula is C11H16N4O. The lowest BCUT2D eigenvalue weighted by atomic mass is 10.3. The number of aromatic nitrogens is 2. The summed E-state index contributed by atoms with van der Waals surface area (Å²) >= 11 is 0. The third-order valence-corrected chi connectivity index (χ3v) is 2.01. The van der Waals surface area contributed by atoms with Gasteiger partial charge in [-0.15, -0.1) is 0 Å². The van der Waals surface area contributed by atoms with E-state index in [2.05, 4.69) is 20.6 Å². The number of nitrogens with one attached hydrogen (secondary N) is 3. The summed E-state index contributed by atoms with van der Waals surface area (Å²) in [5, 5.41) is 6.04. The van der Waals surface area contributed by atoms with Gasteiger partial charge in [-0.25, -0.2) is 4.98 Å². The lowest BCUT2D eigenvalue weighted by Crippen LogP contribution is -1.88. The van der Waals surface area contributed by atoms with E-state index < -0.39 is 0 Å². The van der Waals surface area contributed by atoms with Crippen LogP contribution in [0.5, 0.6) is 0 Å². The summed E-state index contributed by atoms with van der Waals surface area (Å²) in [5.74, 6) is 0.795. The van der Waals surface area contributed by atoms with Crippen LogP contribution in [-0.4, -0.2) is 30.3 Å². The largest absolute Gasteiger partial charge is 0.388 e. The van der Waals surface area contributed by atoms with Crippen LogP contribution in [-0.2, 0) is 4.79 Å². The molecule has 0 bridgehead atoms. The van der Waals surface area contributed by atoms with Crippen molar-refractivity contribution in [3.8, 4) is 0 Å². The zero-order valence-electron chi connectivity index (χ0n) is 9.66. The quantitative estimate of drug-likeness (QED) is 0.675. The standard InChI is InChI=1S/C9H12N4.C2H4O/c1-10-6-3-4-7-8(5-6)13-9(11-2)12-7;1-2-3/h3-5,10H,1-2H3,(H2,11,12,13);2H,1H3. The van der Waals surface area contributed by atoms with Crippen LogP contribution in [0.1, 0.15) is 6.92 Å². The third-order valence-electron chi connectivity index (χ3n) is 2.01. The Balaban J connectivity index is 0.000000386. The van der Waals surface area contributed by atoms with Gasteiger partial charge in [0.1, 0.15) is 6.29 Å². The summed E-state index contributed by atoms with van der Waals surface area (Å²) in [7, 11) is 3.74. The van der Waals surface area contributed by atoms with Gasteiger partial charge < -0.3 is 20.4 Å². The van der Waals surface area contributed by atoms with Gasteiger partial charge in [-0.1, -0.05) is 0 Å². The Kier molecular flexibility index (Phi) is 4.32. The Morgan fingerprint density at radius 3 is 2.56 bits per heavy atom. The van der Waals surface area contributed by atoms with Gasteiger partial charge in [0.2, 0.25) is 5.95 Å². The summed E-state index contributed by atoms with van der Waals surface area (Å²) < 4.78 is 0. The lowest BCUT2D eigenvalue weighted by molar-refractivity contribution is -0.106. The molecule has 0 saturated heterocycles. The predicted molar refractivity (Wildman–Crippen MR) is 66.9 cm³/mol. The van der Waals surface area contributed by atoms with Crippen molar-refractivity contribution in [2.75, 3.05) is 24.7 Å². The predicted octanol–water partition coefficient (Wildman–Crippen LogP) is 1.85. The summed E-state index contributed by atoms with van der Waals surface area (Å²) in [6, 6.07) is 6.02. The van der Waals surface area contributed by atoms with Crippen molar-refractivity contribution < 1.29 is 4.79 Å². The van der Waals surface area contributed by atoms with E-state index in [1.165, 1.54) is 6.92 Å². The fraction of sp³-hybridized carbons (Fsp3) is 0.273. The summed E-state index contributed by atoms with van der Waals surface area (Å²) in [6.45, 7) is 1.44. The first-order valence-electron chi connectivity index (χ1n) is 5.00. The first kappa shape index (κ1) is 12.0. The monoisotopic (exact) mass is 220 g/mol. The number of fused-ring (bicyclic) bond motifs is 1. The fourth-order valence-electron chi connectivity index (χ4n) is 1.28. The first-order valence-corrected chi connectivity index (χ1v) is 5.00. The van der Waals surface area contributed by atoms with E-state index in [1.807, 2.05) is 32.3 Å². The zero-order chi connectivity index (χ0) is 12.0. The van der Waals surface area contributed by atoms with Gasteiger partial charge >= 0.3 is 0 Å². The molecule has 0 amide bonds. The Bertz CT molecular complexity index is 462. The molecule has 2 rings (SSSR count). The number of H-pyrrole nitrogens is 1. The van der Waals surface area contributed by atoms with Gasteiger partial charge in [0.05, 0.1) is 11.0 Å². The molecule has 0 atom stereocenters. The molecular weight excluding hydrogens is 204 g/mol. The third kappa shape index (κ3) is 2.73. The topological polar surface area (TPSA) is 69.8 Å². The van der Waals surface area contributed by atoms with Crippen molar-refractivity contribution in [2.24, 2.45) is 0 Å². The Labute approximate surface area is 94.3 Å². The molecule has 3 N–H and O–H groups in total. The maximum absolute atomic E-state index is 8.81. The number of aldehydes is 1. The van der Waals surface area contributed by atoms with Gasteiger partial charge in [-0.2, -0.15) is 0 Å². The molecule has 0 fully saturated rings. The highest BCUT2D eigenvalue weighted by molar-refractivity contribution is 5.81. The minimum absolute atomic E-state index is 0.750. The zero-order valence-corrected chi connectivity index (χ0v) is 9.66. The molecule has 0 radical (unpaired) electrons. The Morgan fingerprint density at radius 2 is 2.00 bits per heavy atom. The van der Waals surface area contributed by atoms with Crippen LogP contribution in [0, 0.1) is 0 Å². The fourth-order valence-corrected chi connectivity index (χ4v) is 1.28. The number of anilines is 2. The molecule has 5 heteroatoms. The van der Waals surface area contributed by atoms with Crippen LogP contribution in [0.25, 0.3) is 11.0 Å². The molecule has 0 unspecified atom stereocenters. The maximum Gasteiger partial charge on any atom is 0.200 e. The number of nitrogens with zero attached hydrogens (tertiary/aromatic N) is 1. The lowest BCUT2D eigenvalue weighted by Gasteiger charge is -1.97. The van der Waals surface area contributed by atoms with E-state index in [0.29, 0.717) is 0 Å². The summed E-state index contributed by atoms with van der Waals surface area (Å²) in [6.07, 6.45) is 0.750. The van der Waals surface area contributed by atoms with Crippen LogP contribution < -0.4 is 10.6 Å². The van der Waals surface area contributed by atoms with E-state index in [0.717, 1.165) is 29.0 Å². The number of carbonyl (C=O) groups is 1. The summed E-state index contributed by atoms with van der Waals surface area (Å²) in [5.41, 5.74) is 3.10. The number of hydrogen-bond donors (Lipinski definition) is 3. The second-order valence-corrected chi connectivity index (χ2v) is 3.05. The molecule has 0 aliphatic heterocycles. The van der Waals surface area contributed by atoms with Crippen LogP contribution in [0.2, 0.25) is 0 Å². The molecule has 0 aliphatic rings. The molecule has 5 nitrogen and oxygen atoms in total. The molecule has 2 aromatic rings. The number of hydrogen-bond acceptors (Lipinski definition) is 4. The van der Waals surface area contributed by atoms with E-state index >= 15 is 0 Å². The Morgan fingerprint density at radius 1 is 1.31 bits per heavy atom. The van der Waals surface area contributed by atoms with Gasteiger partial charge in [0.15, 0.2) is 0 Å². The summed E-state index contributed by atoms with van der Waals surface area (Å²) in [4.78, 5) is 16.3. The highest BCUT2D eigenvalue weighted by atomic mass is 16.1. The molecule has 0 aliphatic carbocycles. The molecule has 16 heavy (non-hydrogen) atoms. The molecule has 1 aromatic carbocycles. The highest BCUT2D eigenvalue weighted by Gasteiger charge is 2.00. The van der Waals surface area contributed by atoms with E-state index in [9.17, 15) is 0 Å². The number of rotatable bonds is 2. The highest BCUT2D eigenvalue weighted by Crippen LogP contribution is 2.18. The average Bonchev–Trinajstić information content (AvgIpc) is 2.71. The number of imidazole rings is 1. The van der Waals surface area contributed by atoms with E-state index in [1.54, 1.807) is 0 Å². The van der Waals surface area contributed by atoms with Crippen molar-refractivity contribution in [3.05, 3.63) is 18.2 Å². The average molecular weight is 220 g/mol. The second-order valence-electron chi connectivity index (χ2n) is 3.05. The number of benzene rings is 1. The van der Waals surface area contributed by atoms with Gasteiger partial charge in [0, 0.05) is 19.8 Å². The van der Waals surface area contributed by atoms with Crippen molar-refractivity contribution in [2.45, 2.75) is 6.92 Å². The van der Waals surface area contributed by atoms with Gasteiger partial charge in [0.25, 0.3) is 0 Å². The minimum atomic E-state index is 0.750. The maximum atomic E-state index is 8.81. The van der Waals surface area contributed by atoms with Gasteiger partial charge in [-0.3, -0.25) is 0 Å². The smallest absolute Gasteiger partial charge is 0.200 e.